The van der Waals surface area contributed by atoms with E-state index in [0.29, 0.717) is 39.0 Å². The van der Waals surface area contributed by atoms with E-state index < -0.39 is 0 Å². The van der Waals surface area contributed by atoms with Crippen LogP contribution >= 0.6 is 0 Å². The standard InChI is InChI=1S/C11H18N2O3/c1-2-12-6-8(5-10(12)15)11(16)13-4-3-9(14)7-13/h8-9,14H,2-7H2,1H3/t8?,9-/m1/s1. The lowest BCUT2D eigenvalue weighted by Crippen LogP contribution is -2.36. The molecule has 16 heavy (non-hydrogen) atoms. The van der Waals surface area contributed by atoms with Crippen LogP contribution in [0.5, 0.6) is 0 Å². The average molecular weight is 226 g/mol. The maximum absolute atomic E-state index is 12.0. The number of likely N-dealkylation sites (tertiary alicyclic amines) is 2. The van der Waals surface area contributed by atoms with Crippen molar-refractivity contribution in [3.63, 3.8) is 0 Å². The van der Waals surface area contributed by atoms with Crippen LogP contribution in [-0.2, 0) is 9.59 Å². The molecule has 0 radical (unpaired) electrons. The van der Waals surface area contributed by atoms with Gasteiger partial charge in [0.2, 0.25) is 11.8 Å². The Kier molecular flexibility index (Phi) is 3.14. The van der Waals surface area contributed by atoms with Crippen molar-refractivity contribution in [2.75, 3.05) is 26.2 Å². The Balaban J connectivity index is 1.94. The third kappa shape index (κ3) is 2.04. The Morgan fingerprint density at radius 1 is 1.50 bits per heavy atom. The minimum Gasteiger partial charge on any atom is -0.391 e. The summed E-state index contributed by atoms with van der Waals surface area (Å²) in [5.74, 6) is -0.0980. The van der Waals surface area contributed by atoms with Crippen LogP contribution in [-0.4, -0.2) is 59.0 Å². The molecule has 2 fully saturated rings. The van der Waals surface area contributed by atoms with Crippen molar-refractivity contribution >= 4 is 11.8 Å². The van der Waals surface area contributed by atoms with Gasteiger partial charge in [-0.3, -0.25) is 9.59 Å². The Morgan fingerprint density at radius 2 is 2.25 bits per heavy atom. The third-order valence-corrected chi connectivity index (χ3v) is 3.42. The highest BCUT2D eigenvalue weighted by Crippen LogP contribution is 2.22. The lowest BCUT2D eigenvalue weighted by atomic mass is 10.1. The Hall–Kier alpha value is -1.10. The van der Waals surface area contributed by atoms with Crippen molar-refractivity contribution in [1.82, 2.24) is 9.80 Å². The number of rotatable bonds is 2. The third-order valence-electron chi connectivity index (χ3n) is 3.42. The van der Waals surface area contributed by atoms with E-state index in [1.165, 1.54) is 0 Å². The number of nitrogens with zero attached hydrogens (tertiary/aromatic N) is 2. The van der Waals surface area contributed by atoms with E-state index in [1.807, 2.05) is 6.92 Å². The molecule has 0 aromatic carbocycles. The number of β-amino-alcohol motifs (C(OH)–C–C–N with tert-alkyl or cyclic N) is 1. The van der Waals surface area contributed by atoms with E-state index in [4.69, 9.17) is 0 Å². The molecule has 0 aromatic heterocycles. The number of hydrogen-bond donors (Lipinski definition) is 1. The molecule has 2 heterocycles. The van der Waals surface area contributed by atoms with Crippen LogP contribution in [0.1, 0.15) is 19.8 Å². The van der Waals surface area contributed by atoms with Crippen molar-refractivity contribution in [2.45, 2.75) is 25.9 Å². The van der Waals surface area contributed by atoms with E-state index >= 15 is 0 Å². The second-order valence-corrected chi connectivity index (χ2v) is 4.56. The van der Waals surface area contributed by atoms with Gasteiger partial charge >= 0.3 is 0 Å². The fraction of sp³-hybridized carbons (Fsp3) is 0.818. The Morgan fingerprint density at radius 3 is 2.75 bits per heavy atom. The number of carbonyl (C=O) groups excluding carboxylic acids is 2. The van der Waals surface area contributed by atoms with Gasteiger partial charge in [0.05, 0.1) is 12.0 Å². The number of hydrogen-bond acceptors (Lipinski definition) is 3. The molecule has 0 bridgehead atoms. The molecule has 5 nitrogen and oxygen atoms in total. The van der Waals surface area contributed by atoms with Gasteiger partial charge in [-0.1, -0.05) is 0 Å². The first kappa shape index (κ1) is 11.4. The summed E-state index contributed by atoms with van der Waals surface area (Å²) in [6, 6.07) is 0. The zero-order valence-corrected chi connectivity index (χ0v) is 9.56. The molecule has 2 rings (SSSR count). The van der Waals surface area contributed by atoms with E-state index in [0.717, 1.165) is 0 Å². The van der Waals surface area contributed by atoms with Gasteiger partial charge in [0, 0.05) is 32.6 Å². The molecule has 90 valence electrons. The van der Waals surface area contributed by atoms with Gasteiger partial charge in [-0.2, -0.15) is 0 Å². The second-order valence-electron chi connectivity index (χ2n) is 4.56. The van der Waals surface area contributed by atoms with E-state index in [9.17, 15) is 14.7 Å². The van der Waals surface area contributed by atoms with Crippen LogP contribution in [0, 0.1) is 5.92 Å². The zero-order chi connectivity index (χ0) is 11.7. The largest absolute Gasteiger partial charge is 0.391 e. The van der Waals surface area contributed by atoms with Crippen LogP contribution in [0.15, 0.2) is 0 Å². The summed E-state index contributed by atoms with van der Waals surface area (Å²) >= 11 is 0. The molecule has 0 saturated carbocycles. The molecular weight excluding hydrogens is 208 g/mol. The maximum Gasteiger partial charge on any atom is 0.228 e. The molecule has 0 spiro atoms. The van der Waals surface area contributed by atoms with Gasteiger partial charge in [0.1, 0.15) is 0 Å². The summed E-state index contributed by atoms with van der Waals surface area (Å²) in [5.41, 5.74) is 0. The van der Waals surface area contributed by atoms with Crippen molar-refractivity contribution in [1.29, 1.82) is 0 Å². The maximum atomic E-state index is 12.0. The molecular formula is C11H18N2O3. The molecule has 1 N–H and O–H groups in total. The smallest absolute Gasteiger partial charge is 0.228 e. The highest BCUT2D eigenvalue weighted by molar-refractivity contribution is 5.89. The fourth-order valence-corrected chi connectivity index (χ4v) is 2.44. The van der Waals surface area contributed by atoms with Crippen molar-refractivity contribution < 1.29 is 14.7 Å². The minimum absolute atomic E-state index is 0.0286. The second kappa shape index (κ2) is 4.41. The van der Waals surface area contributed by atoms with E-state index in [2.05, 4.69) is 0 Å². The molecule has 0 aromatic rings. The van der Waals surface area contributed by atoms with Gasteiger partial charge in [-0.05, 0) is 13.3 Å². The average Bonchev–Trinajstić information content (AvgIpc) is 2.83. The predicted molar refractivity (Wildman–Crippen MR) is 57.6 cm³/mol. The molecule has 2 saturated heterocycles. The van der Waals surface area contributed by atoms with Gasteiger partial charge in [-0.15, -0.1) is 0 Å². The van der Waals surface area contributed by atoms with Gasteiger partial charge < -0.3 is 14.9 Å². The minimum atomic E-state index is -0.386. The zero-order valence-electron chi connectivity index (χ0n) is 9.56. The van der Waals surface area contributed by atoms with Gasteiger partial charge in [0.15, 0.2) is 0 Å². The van der Waals surface area contributed by atoms with Crippen LogP contribution in [0.2, 0.25) is 0 Å². The van der Waals surface area contributed by atoms with E-state index in [1.54, 1.807) is 9.80 Å². The lowest BCUT2D eigenvalue weighted by Gasteiger charge is -2.20. The van der Waals surface area contributed by atoms with Crippen molar-refractivity contribution in [2.24, 2.45) is 5.92 Å². The molecule has 0 aliphatic carbocycles. The summed E-state index contributed by atoms with van der Waals surface area (Å²) in [6.07, 6.45) is 0.603. The van der Waals surface area contributed by atoms with Gasteiger partial charge in [0.25, 0.3) is 0 Å². The lowest BCUT2D eigenvalue weighted by molar-refractivity contribution is -0.135. The SMILES string of the molecule is CCN1CC(C(=O)N2CC[C@@H](O)C2)CC1=O. The van der Waals surface area contributed by atoms with Gasteiger partial charge in [-0.25, -0.2) is 0 Å². The molecule has 2 aliphatic heterocycles. The fourth-order valence-electron chi connectivity index (χ4n) is 2.44. The number of aliphatic hydroxyl groups is 1. The number of amides is 2. The Bertz CT molecular complexity index is 306. The molecule has 2 aliphatic rings. The van der Waals surface area contributed by atoms with Crippen LogP contribution in [0.3, 0.4) is 0 Å². The normalized spacial score (nSPS) is 30.2. The molecule has 1 unspecified atom stereocenters. The van der Waals surface area contributed by atoms with Crippen LogP contribution in [0.25, 0.3) is 0 Å². The summed E-state index contributed by atoms with van der Waals surface area (Å²) in [6.45, 7) is 4.18. The monoisotopic (exact) mass is 226 g/mol. The van der Waals surface area contributed by atoms with Crippen LogP contribution in [0.4, 0.5) is 0 Å². The first-order valence-corrected chi connectivity index (χ1v) is 5.86. The summed E-state index contributed by atoms with van der Waals surface area (Å²) in [7, 11) is 0. The molecule has 5 heteroatoms. The first-order chi connectivity index (χ1) is 7.61. The Labute approximate surface area is 95.0 Å². The highest BCUT2D eigenvalue weighted by Gasteiger charge is 2.37. The quantitative estimate of drug-likeness (QED) is 0.687. The number of aliphatic hydroxyl groups excluding tert-OH is 1. The van der Waals surface area contributed by atoms with Crippen LogP contribution < -0.4 is 0 Å². The highest BCUT2D eigenvalue weighted by atomic mass is 16.3. The first-order valence-electron chi connectivity index (χ1n) is 5.86. The predicted octanol–water partition coefficient (Wildman–Crippen LogP) is -0.552. The summed E-state index contributed by atoms with van der Waals surface area (Å²) in [4.78, 5) is 26.9. The van der Waals surface area contributed by atoms with Crippen molar-refractivity contribution in [3.05, 3.63) is 0 Å². The van der Waals surface area contributed by atoms with Crippen molar-refractivity contribution in [3.8, 4) is 0 Å². The summed E-state index contributed by atoms with van der Waals surface area (Å²) < 4.78 is 0. The molecule has 2 amide bonds. The van der Waals surface area contributed by atoms with E-state index in [-0.39, 0.29) is 23.8 Å². The summed E-state index contributed by atoms with van der Waals surface area (Å²) in [5, 5.41) is 9.37. The molecule has 2 atom stereocenters. The number of carbonyl (C=O) groups is 2. The topological polar surface area (TPSA) is 60.9 Å².